The molecular weight excluding hydrogens is 164 g/mol. The zero-order chi connectivity index (χ0) is 9.84. The van der Waals surface area contributed by atoms with Gasteiger partial charge in [0, 0.05) is 0 Å². The maximum atomic E-state index is 5.41. The number of amidine groups is 1. The predicted octanol–water partition coefficient (Wildman–Crippen LogP) is -0.338. The summed E-state index contributed by atoms with van der Waals surface area (Å²) in [6.07, 6.45) is 0.616. The molecule has 0 saturated carbocycles. The van der Waals surface area contributed by atoms with E-state index in [1.165, 1.54) is 0 Å². The Labute approximate surface area is 78.0 Å². The lowest BCUT2D eigenvalue weighted by Gasteiger charge is -2.05. The molecule has 0 saturated heterocycles. The van der Waals surface area contributed by atoms with Crippen LogP contribution in [-0.2, 0) is 6.42 Å². The summed E-state index contributed by atoms with van der Waals surface area (Å²) in [7, 11) is 1.66. The molecule has 1 aromatic rings. The van der Waals surface area contributed by atoms with Crippen molar-refractivity contribution in [2.75, 3.05) is 7.11 Å². The van der Waals surface area contributed by atoms with E-state index in [0.29, 0.717) is 12.3 Å². The molecular formula is C10H15N2O+. The summed E-state index contributed by atoms with van der Waals surface area (Å²) in [5.74, 6) is 1.32. The summed E-state index contributed by atoms with van der Waals surface area (Å²) in [6, 6.07) is 5.91. The summed E-state index contributed by atoms with van der Waals surface area (Å²) in [5, 5.41) is 5.41. The van der Waals surface area contributed by atoms with E-state index in [9.17, 15) is 0 Å². The first-order chi connectivity index (χ1) is 6.13. The van der Waals surface area contributed by atoms with E-state index < -0.39 is 0 Å². The van der Waals surface area contributed by atoms with Crippen molar-refractivity contribution in [3.8, 4) is 5.75 Å². The van der Waals surface area contributed by atoms with Gasteiger partial charge in [-0.05, 0) is 24.1 Å². The molecule has 1 rings (SSSR count). The Morgan fingerprint density at radius 3 is 2.69 bits per heavy atom. The van der Waals surface area contributed by atoms with E-state index in [1.54, 1.807) is 7.11 Å². The molecule has 0 aliphatic heterocycles. The van der Waals surface area contributed by atoms with Gasteiger partial charge in [0.15, 0.2) is 0 Å². The Kier molecular flexibility index (Phi) is 2.90. The van der Waals surface area contributed by atoms with Crippen molar-refractivity contribution in [3.63, 3.8) is 0 Å². The molecule has 0 aliphatic rings. The molecule has 1 aromatic carbocycles. The van der Waals surface area contributed by atoms with Crippen molar-refractivity contribution < 1.29 is 10.1 Å². The Bertz CT molecular complexity index is 321. The van der Waals surface area contributed by atoms with Crippen molar-refractivity contribution >= 4 is 5.84 Å². The lowest BCUT2D eigenvalue weighted by molar-refractivity contribution is -0.117. The van der Waals surface area contributed by atoms with Crippen molar-refractivity contribution in [1.82, 2.24) is 0 Å². The van der Waals surface area contributed by atoms with Crippen LogP contribution in [0.25, 0.3) is 0 Å². The van der Waals surface area contributed by atoms with Crippen LogP contribution in [-0.4, -0.2) is 12.9 Å². The first kappa shape index (κ1) is 9.58. The maximum Gasteiger partial charge on any atom is 0.242 e. The molecule has 0 aromatic heterocycles. The van der Waals surface area contributed by atoms with Crippen molar-refractivity contribution in [1.29, 1.82) is 0 Å². The van der Waals surface area contributed by atoms with Gasteiger partial charge >= 0.3 is 0 Å². The molecule has 0 amide bonds. The number of hydrogen-bond donors (Lipinski definition) is 2. The third-order valence-electron chi connectivity index (χ3n) is 1.87. The molecule has 0 unspecified atom stereocenters. The summed E-state index contributed by atoms with van der Waals surface area (Å²) in [6.45, 7) is 2.00. The van der Waals surface area contributed by atoms with Crippen LogP contribution in [0, 0.1) is 6.92 Å². The highest BCUT2D eigenvalue weighted by Crippen LogP contribution is 2.18. The van der Waals surface area contributed by atoms with Gasteiger partial charge in [0.1, 0.15) is 5.75 Å². The average molecular weight is 179 g/mol. The number of methoxy groups -OCH3 is 1. The second-order valence-electron chi connectivity index (χ2n) is 3.06. The van der Waals surface area contributed by atoms with Gasteiger partial charge < -0.3 is 4.74 Å². The van der Waals surface area contributed by atoms with E-state index in [4.69, 9.17) is 15.9 Å². The van der Waals surface area contributed by atoms with Gasteiger partial charge in [0.05, 0.1) is 13.5 Å². The molecule has 0 radical (unpaired) electrons. The van der Waals surface area contributed by atoms with E-state index in [0.717, 1.165) is 16.9 Å². The second kappa shape index (κ2) is 3.94. The Balaban J connectivity index is 2.89. The number of benzene rings is 1. The van der Waals surface area contributed by atoms with Crippen LogP contribution in [0.1, 0.15) is 11.1 Å². The molecule has 4 N–H and O–H groups in total. The Morgan fingerprint density at radius 2 is 2.23 bits per heavy atom. The van der Waals surface area contributed by atoms with Gasteiger partial charge in [-0.3, -0.25) is 11.1 Å². The van der Waals surface area contributed by atoms with E-state index in [2.05, 4.69) is 0 Å². The van der Waals surface area contributed by atoms with Crippen LogP contribution in [0.4, 0.5) is 0 Å². The summed E-state index contributed by atoms with van der Waals surface area (Å²) in [5.41, 5.74) is 7.62. The van der Waals surface area contributed by atoms with Crippen molar-refractivity contribution in [2.45, 2.75) is 13.3 Å². The zero-order valence-corrected chi connectivity index (χ0v) is 8.00. The van der Waals surface area contributed by atoms with E-state index in [-0.39, 0.29) is 0 Å². The summed E-state index contributed by atoms with van der Waals surface area (Å²) < 4.78 is 5.14. The van der Waals surface area contributed by atoms with Gasteiger partial charge in [-0.1, -0.05) is 12.1 Å². The molecule has 0 heterocycles. The molecule has 0 atom stereocenters. The fourth-order valence-corrected chi connectivity index (χ4v) is 1.29. The third-order valence-corrected chi connectivity index (χ3v) is 1.87. The smallest absolute Gasteiger partial charge is 0.242 e. The molecule has 0 bridgehead atoms. The Morgan fingerprint density at radius 1 is 1.54 bits per heavy atom. The number of ether oxygens (including phenoxy) is 1. The first-order valence-corrected chi connectivity index (χ1v) is 4.13. The van der Waals surface area contributed by atoms with Gasteiger partial charge in [-0.25, -0.2) is 0 Å². The zero-order valence-electron chi connectivity index (χ0n) is 8.00. The van der Waals surface area contributed by atoms with Crippen LogP contribution in [0.2, 0.25) is 0 Å². The standard InChI is InChI=1S/C10H14N2O/c1-7-5-8(6-10(11)12)3-4-9(7)13-2/h3-5H,6H2,1-2H3,(H3,11,12)/p+1. The Hall–Kier alpha value is -1.51. The topological polar surface area (TPSA) is 60.8 Å². The molecule has 3 nitrogen and oxygen atoms in total. The van der Waals surface area contributed by atoms with Gasteiger partial charge in [0.25, 0.3) is 0 Å². The van der Waals surface area contributed by atoms with Crippen LogP contribution in [0.15, 0.2) is 18.2 Å². The average Bonchev–Trinajstić information content (AvgIpc) is 2.03. The minimum absolute atomic E-state index is 0.435. The van der Waals surface area contributed by atoms with Crippen molar-refractivity contribution in [2.24, 2.45) is 5.73 Å². The van der Waals surface area contributed by atoms with E-state index in [1.807, 2.05) is 25.1 Å². The van der Waals surface area contributed by atoms with Crippen LogP contribution in [0.3, 0.4) is 0 Å². The highest BCUT2D eigenvalue weighted by atomic mass is 16.5. The first-order valence-electron chi connectivity index (χ1n) is 4.13. The SMILES string of the molecule is COc1ccc(CC(N)=[NH2+])cc1C. The monoisotopic (exact) mass is 179 g/mol. The molecule has 0 spiro atoms. The predicted molar refractivity (Wildman–Crippen MR) is 52.6 cm³/mol. The van der Waals surface area contributed by atoms with Crippen LogP contribution < -0.4 is 15.9 Å². The highest BCUT2D eigenvalue weighted by molar-refractivity contribution is 5.76. The molecule has 70 valence electrons. The quantitative estimate of drug-likeness (QED) is 0.492. The lowest BCUT2D eigenvalue weighted by Crippen LogP contribution is -2.46. The summed E-state index contributed by atoms with van der Waals surface area (Å²) in [4.78, 5) is 0. The number of rotatable bonds is 3. The molecule has 3 heteroatoms. The highest BCUT2D eigenvalue weighted by Gasteiger charge is 2.02. The number of nitrogens with two attached hydrogens (primary N) is 2. The second-order valence-corrected chi connectivity index (χ2v) is 3.06. The lowest BCUT2D eigenvalue weighted by atomic mass is 10.1. The fraction of sp³-hybridized carbons (Fsp3) is 0.300. The minimum atomic E-state index is 0.435. The van der Waals surface area contributed by atoms with Crippen molar-refractivity contribution in [3.05, 3.63) is 29.3 Å². The molecule has 0 fully saturated rings. The van der Waals surface area contributed by atoms with Gasteiger partial charge in [0.2, 0.25) is 5.84 Å². The molecule has 13 heavy (non-hydrogen) atoms. The molecule has 0 aliphatic carbocycles. The van der Waals surface area contributed by atoms with Gasteiger partial charge in [-0.15, -0.1) is 0 Å². The minimum Gasteiger partial charge on any atom is -0.496 e. The normalized spacial score (nSPS) is 9.69. The van der Waals surface area contributed by atoms with Crippen LogP contribution >= 0.6 is 0 Å². The van der Waals surface area contributed by atoms with Crippen LogP contribution in [0.5, 0.6) is 5.75 Å². The summed E-state index contributed by atoms with van der Waals surface area (Å²) >= 11 is 0. The maximum absolute atomic E-state index is 5.41. The fourth-order valence-electron chi connectivity index (χ4n) is 1.29. The number of aryl methyl sites for hydroxylation is 1. The number of hydrogen-bond acceptors (Lipinski definition) is 1. The largest absolute Gasteiger partial charge is 0.496 e. The van der Waals surface area contributed by atoms with E-state index >= 15 is 0 Å². The third kappa shape index (κ3) is 2.47. The van der Waals surface area contributed by atoms with Gasteiger partial charge in [-0.2, -0.15) is 0 Å².